The molecule has 3 nitrogen and oxygen atoms in total. The SMILES string of the molecule is CCOC/C=C/C(=O)[O-].[Ag+]. The van der Waals surface area contributed by atoms with Gasteiger partial charge in [-0.2, -0.15) is 0 Å². The maximum atomic E-state index is 9.71. The summed E-state index contributed by atoms with van der Waals surface area (Å²) < 4.78 is 4.81. The molecule has 0 fully saturated rings. The van der Waals surface area contributed by atoms with Crippen molar-refractivity contribution in [2.24, 2.45) is 0 Å². The summed E-state index contributed by atoms with van der Waals surface area (Å²) in [5.41, 5.74) is 0. The quantitative estimate of drug-likeness (QED) is 0.370. The number of hydrogen-bond donors (Lipinski definition) is 0. The van der Waals surface area contributed by atoms with Gasteiger partial charge in [-0.3, -0.25) is 0 Å². The van der Waals surface area contributed by atoms with Crippen molar-refractivity contribution in [2.75, 3.05) is 13.2 Å². The van der Waals surface area contributed by atoms with E-state index in [1.807, 2.05) is 6.92 Å². The van der Waals surface area contributed by atoms with E-state index < -0.39 is 5.97 Å². The zero-order valence-corrected chi connectivity index (χ0v) is 7.08. The van der Waals surface area contributed by atoms with Gasteiger partial charge >= 0.3 is 22.4 Å². The van der Waals surface area contributed by atoms with Gasteiger partial charge in [0.1, 0.15) is 0 Å². The predicted octanol–water partition coefficient (Wildman–Crippen LogP) is -0.673. The Morgan fingerprint density at radius 1 is 1.70 bits per heavy atom. The molecule has 0 saturated heterocycles. The van der Waals surface area contributed by atoms with Crippen molar-refractivity contribution < 1.29 is 37.0 Å². The summed E-state index contributed by atoms with van der Waals surface area (Å²) in [6.45, 7) is 2.77. The fourth-order valence-corrected chi connectivity index (χ4v) is 0.330. The first kappa shape index (κ1) is 12.6. The minimum absolute atomic E-state index is 0. The Balaban J connectivity index is 0. The zero-order chi connectivity index (χ0) is 7.11. The van der Waals surface area contributed by atoms with E-state index in [1.54, 1.807) is 0 Å². The van der Waals surface area contributed by atoms with E-state index in [-0.39, 0.29) is 22.4 Å². The number of aliphatic carboxylic acids is 1. The van der Waals surface area contributed by atoms with Gasteiger partial charge in [-0.25, -0.2) is 0 Å². The summed E-state index contributed by atoms with van der Waals surface area (Å²) in [7, 11) is 0. The van der Waals surface area contributed by atoms with Crippen LogP contribution in [0.4, 0.5) is 0 Å². The molecule has 0 spiro atoms. The first-order valence-electron chi connectivity index (χ1n) is 2.72. The second kappa shape index (κ2) is 8.91. The van der Waals surface area contributed by atoms with E-state index in [4.69, 9.17) is 4.74 Å². The third-order valence-corrected chi connectivity index (χ3v) is 0.672. The van der Waals surface area contributed by atoms with E-state index in [0.717, 1.165) is 6.08 Å². The molecule has 0 aliphatic carbocycles. The third-order valence-electron chi connectivity index (χ3n) is 0.672. The van der Waals surface area contributed by atoms with Crippen molar-refractivity contribution in [1.82, 2.24) is 0 Å². The molecule has 0 heterocycles. The second-order valence-electron chi connectivity index (χ2n) is 1.38. The van der Waals surface area contributed by atoms with Gasteiger partial charge in [-0.1, -0.05) is 6.08 Å². The van der Waals surface area contributed by atoms with Gasteiger partial charge < -0.3 is 14.6 Å². The van der Waals surface area contributed by atoms with E-state index in [9.17, 15) is 9.90 Å². The fourth-order valence-electron chi connectivity index (χ4n) is 0.330. The molecule has 10 heavy (non-hydrogen) atoms. The summed E-state index contributed by atoms with van der Waals surface area (Å²) in [6, 6.07) is 0. The van der Waals surface area contributed by atoms with Crippen molar-refractivity contribution in [3.63, 3.8) is 0 Å². The average molecular weight is 237 g/mol. The molecule has 0 aromatic rings. The molecule has 0 radical (unpaired) electrons. The number of hydrogen-bond acceptors (Lipinski definition) is 3. The normalized spacial score (nSPS) is 9.30. The summed E-state index contributed by atoms with van der Waals surface area (Å²) in [4.78, 5) is 9.71. The molecular weight excluding hydrogens is 228 g/mol. The minimum Gasteiger partial charge on any atom is -0.545 e. The summed E-state index contributed by atoms with van der Waals surface area (Å²) in [6.07, 6.45) is 2.36. The van der Waals surface area contributed by atoms with Crippen LogP contribution >= 0.6 is 0 Å². The standard InChI is InChI=1S/C6H10O3.Ag/c1-2-9-5-3-4-6(7)8;/h3-4H,2,5H2,1H3,(H,7,8);/q;+1/p-1/b4-3+;. The summed E-state index contributed by atoms with van der Waals surface area (Å²) >= 11 is 0. The number of carboxylic acids is 1. The van der Waals surface area contributed by atoms with Crippen LogP contribution in [0, 0.1) is 0 Å². The van der Waals surface area contributed by atoms with Gasteiger partial charge in [-0.05, 0) is 13.0 Å². The van der Waals surface area contributed by atoms with Crippen LogP contribution < -0.4 is 5.11 Å². The van der Waals surface area contributed by atoms with E-state index >= 15 is 0 Å². The average Bonchev–Trinajstić information content (AvgIpc) is 1.80. The number of carbonyl (C=O) groups excluding carboxylic acids is 1. The predicted molar refractivity (Wildman–Crippen MR) is 30.6 cm³/mol. The third kappa shape index (κ3) is 10.8. The Kier molecular flexibility index (Phi) is 11.2. The molecule has 0 atom stereocenters. The molecule has 0 N–H and O–H groups in total. The van der Waals surface area contributed by atoms with Crippen molar-refractivity contribution in [3.05, 3.63) is 12.2 Å². The van der Waals surface area contributed by atoms with Crippen LogP contribution in [0.25, 0.3) is 0 Å². The molecule has 0 aliphatic rings. The molecule has 4 heteroatoms. The molecule has 0 saturated carbocycles. The van der Waals surface area contributed by atoms with E-state index in [1.165, 1.54) is 6.08 Å². The number of carbonyl (C=O) groups is 1. The van der Waals surface area contributed by atoms with Gasteiger partial charge in [0.2, 0.25) is 0 Å². The second-order valence-corrected chi connectivity index (χ2v) is 1.38. The first-order valence-corrected chi connectivity index (χ1v) is 2.72. The van der Waals surface area contributed by atoms with E-state index in [0.29, 0.717) is 13.2 Å². The molecule has 62 valence electrons. The smallest absolute Gasteiger partial charge is 0.545 e. The van der Waals surface area contributed by atoms with Gasteiger partial charge in [0.15, 0.2) is 0 Å². The van der Waals surface area contributed by atoms with Crippen LogP contribution in [0.1, 0.15) is 6.92 Å². The Morgan fingerprint density at radius 2 is 2.30 bits per heavy atom. The monoisotopic (exact) mass is 236 g/mol. The van der Waals surface area contributed by atoms with Crippen LogP contribution in [0.2, 0.25) is 0 Å². The molecule has 0 aliphatic heterocycles. The van der Waals surface area contributed by atoms with Gasteiger partial charge in [-0.15, -0.1) is 0 Å². The van der Waals surface area contributed by atoms with E-state index in [2.05, 4.69) is 0 Å². The molecule has 0 aromatic heterocycles. The fraction of sp³-hybridized carbons (Fsp3) is 0.500. The summed E-state index contributed by atoms with van der Waals surface area (Å²) in [5, 5.41) is 9.71. The Bertz CT molecular complexity index is 112. The van der Waals surface area contributed by atoms with Crippen LogP contribution in [0.15, 0.2) is 12.2 Å². The number of carboxylic acid groups (broad SMARTS) is 1. The first-order chi connectivity index (χ1) is 4.27. The Hall–Kier alpha value is -0.0897. The number of ether oxygens (including phenoxy) is 1. The van der Waals surface area contributed by atoms with Crippen molar-refractivity contribution in [2.45, 2.75) is 6.92 Å². The summed E-state index contributed by atoms with van der Waals surface area (Å²) in [5.74, 6) is -1.19. The molecule has 0 aromatic carbocycles. The Morgan fingerprint density at radius 3 is 2.70 bits per heavy atom. The molecule has 0 bridgehead atoms. The van der Waals surface area contributed by atoms with Gasteiger partial charge in [0.25, 0.3) is 0 Å². The van der Waals surface area contributed by atoms with Gasteiger partial charge in [0, 0.05) is 6.61 Å². The maximum Gasteiger partial charge on any atom is 1.00 e. The minimum atomic E-state index is -1.19. The molecular formula is C6H9AgO3. The van der Waals surface area contributed by atoms with Crippen molar-refractivity contribution >= 4 is 5.97 Å². The zero-order valence-electron chi connectivity index (χ0n) is 5.60. The van der Waals surface area contributed by atoms with Crippen LogP contribution in [0.3, 0.4) is 0 Å². The topological polar surface area (TPSA) is 49.4 Å². The molecule has 0 amide bonds. The molecule has 0 rings (SSSR count). The number of rotatable bonds is 4. The van der Waals surface area contributed by atoms with Crippen molar-refractivity contribution in [1.29, 1.82) is 0 Å². The van der Waals surface area contributed by atoms with Crippen LogP contribution in [0.5, 0.6) is 0 Å². The maximum absolute atomic E-state index is 9.71. The Labute approximate surface area is 75.6 Å². The largest absolute Gasteiger partial charge is 1.00 e. The van der Waals surface area contributed by atoms with Crippen LogP contribution in [-0.2, 0) is 31.9 Å². The van der Waals surface area contributed by atoms with Crippen LogP contribution in [-0.4, -0.2) is 19.2 Å². The van der Waals surface area contributed by atoms with Gasteiger partial charge in [0.05, 0.1) is 12.6 Å². The molecule has 0 unspecified atom stereocenters. The van der Waals surface area contributed by atoms with Crippen molar-refractivity contribution in [3.8, 4) is 0 Å².